The molecule has 2 aromatic heterocycles. The number of esters is 2. The van der Waals surface area contributed by atoms with Crippen molar-refractivity contribution in [3.8, 4) is 22.5 Å². The van der Waals surface area contributed by atoms with Crippen LogP contribution in [0.25, 0.3) is 22.5 Å². The van der Waals surface area contributed by atoms with Crippen LogP contribution in [-0.2, 0) is 19.1 Å². The molecule has 2 aliphatic carbocycles. The smallest absolute Gasteiger partial charge is 0.379 e. The second-order valence-electron chi connectivity index (χ2n) is 9.51. The Labute approximate surface area is 229 Å². The van der Waals surface area contributed by atoms with Crippen LogP contribution in [0.3, 0.4) is 0 Å². The molecule has 2 saturated carbocycles. The zero-order valence-electron chi connectivity index (χ0n) is 22.0. The highest BCUT2D eigenvalue weighted by molar-refractivity contribution is 6.40. The fraction of sp³-hybridized carbons (Fsp3) is 0.321. The van der Waals surface area contributed by atoms with E-state index >= 15 is 0 Å². The number of rotatable bonds is 8. The van der Waals surface area contributed by atoms with Crippen LogP contribution >= 0.6 is 0 Å². The lowest BCUT2D eigenvalue weighted by Crippen LogP contribution is -2.15. The topological polar surface area (TPSA) is 151 Å². The number of benzene rings is 2. The maximum Gasteiger partial charge on any atom is 0.379 e. The van der Waals surface area contributed by atoms with Gasteiger partial charge >= 0.3 is 11.9 Å². The molecule has 12 nitrogen and oxygen atoms in total. The number of aliphatic hydroxyl groups is 1. The Morgan fingerprint density at radius 2 is 1.25 bits per heavy atom. The molecule has 2 aromatic carbocycles. The van der Waals surface area contributed by atoms with Crippen LogP contribution in [0.1, 0.15) is 59.8 Å². The summed E-state index contributed by atoms with van der Waals surface area (Å²) in [5.41, 5.74) is 4.10. The average Bonchev–Trinajstić information content (AvgIpc) is 3.94. The van der Waals surface area contributed by atoms with E-state index in [-0.39, 0.29) is 0 Å². The van der Waals surface area contributed by atoms with Gasteiger partial charge in [-0.1, -0.05) is 48.5 Å². The van der Waals surface area contributed by atoms with Crippen LogP contribution in [0.15, 0.2) is 60.9 Å². The third kappa shape index (κ3) is 6.12. The summed E-state index contributed by atoms with van der Waals surface area (Å²) in [6.45, 7) is 0. The summed E-state index contributed by atoms with van der Waals surface area (Å²) in [7, 11) is 2.43. The van der Waals surface area contributed by atoms with Gasteiger partial charge in [-0.05, 0) is 31.2 Å². The van der Waals surface area contributed by atoms with Crippen LogP contribution in [0.4, 0.5) is 0 Å². The number of Topliss-reactive ketones (excluding diaryl/α,β-unsaturated/α-hetero) is 1. The van der Waals surface area contributed by atoms with E-state index in [1.54, 1.807) is 58.4 Å². The van der Waals surface area contributed by atoms with E-state index in [9.17, 15) is 19.5 Å². The molecule has 2 heterocycles. The Kier molecular flexibility index (Phi) is 7.78. The highest BCUT2D eigenvalue weighted by Gasteiger charge is 2.27. The summed E-state index contributed by atoms with van der Waals surface area (Å²) in [4.78, 5) is 37.5. The summed E-state index contributed by atoms with van der Waals surface area (Å²) in [6, 6.07) is 14.5. The van der Waals surface area contributed by atoms with Crippen molar-refractivity contribution in [3.63, 3.8) is 0 Å². The second-order valence-corrected chi connectivity index (χ2v) is 9.51. The second kappa shape index (κ2) is 11.6. The molecule has 6 rings (SSSR count). The fourth-order valence-corrected chi connectivity index (χ4v) is 3.87. The van der Waals surface area contributed by atoms with Crippen molar-refractivity contribution < 1.29 is 29.0 Å². The van der Waals surface area contributed by atoms with Gasteiger partial charge in [-0.2, -0.15) is 30.0 Å². The average molecular weight is 545 g/mol. The first-order chi connectivity index (χ1) is 19.4. The molecule has 0 amide bonds. The number of hydrogen-bond donors (Lipinski definition) is 1. The van der Waals surface area contributed by atoms with E-state index in [2.05, 4.69) is 29.9 Å². The molecular weight excluding hydrogens is 516 g/mol. The summed E-state index contributed by atoms with van der Waals surface area (Å²) < 4.78 is 8.91. The number of hydrogen-bond acceptors (Lipinski definition) is 10. The van der Waals surface area contributed by atoms with Crippen molar-refractivity contribution in [2.24, 2.45) is 0 Å². The van der Waals surface area contributed by atoms with Crippen LogP contribution in [0.5, 0.6) is 0 Å². The lowest BCUT2D eigenvalue weighted by molar-refractivity contribution is -0.150. The van der Waals surface area contributed by atoms with Gasteiger partial charge in [-0.3, -0.25) is 4.79 Å². The summed E-state index contributed by atoms with van der Waals surface area (Å²) >= 11 is 0. The minimum atomic E-state index is -1.25. The van der Waals surface area contributed by atoms with Gasteiger partial charge in [0.1, 0.15) is 11.4 Å². The van der Waals surface area contributed by atoms with Gasteiger partial charge in [0, 0.05) is 16.7 Å². The highest BCUT2D eigenvalue weighted by Crippen LogP contribution is 2.34. The Morgan fingerprint density at radius 3 is 1.68 bits per heavy atom. The Balaban J connectivity index is 0.000000161. The molecular formula is C28H28N6O6. The Morgan fingerprint density at radius 1 is 0.775 bits per heavy atom. The Bertz CT molecular complexity index is 1500. The number of methoxy groups -OCH3 is 2. The van der Waals surface area contributed by atoms with Crippen LogP contribution in [-0.4, -0.2) is 67.0 Å². The normalized spacial score (nSPS) is 15.0. The minimum absolute atomic E-state index is 0.301. The van der Waals surface area contributed by atoms with Crippen molar-refractivity contribution in [1.29, 1.82) is 0 Å². The first-order valence-electron chi connectivity index (χ1n) is 12.8. The molecule has 206 valence electrons. The SMILES string of the molecule is COC(=O)C(=O)c1ccc(-c2cnn(C3CC3)n2)cc1.COC(=O)C(O)c1ccc(-c2cnn(C3CC3)n2)cc1. The van der Waals surface area contributed by atoms with Gasteiger partial charge < -0.3 is 14.6 Å². The van der Waals surface area contributed by atoms with Gasteiger partial charge in [0.15, 0.2) is 6.10 Å². The molecule has 1 N–H and O–H groups in total. The van der Waals surface area contributed by atoms with E-state index < -0.39 is 23.8 Å². The first kappa shape index (κ1) is 26.9. The van der Waals surface area contributed by atoms with Gasteiger partial charge in [0.25, 0.3) is 5.78 Å². The van der Waals surface area contributed by atoms with Gasteiger partial charge in [-0.15, -0.1) is 0 Å². The lowest BCUT2D eigenvalue weighted by Gasteiger charge is -2.08. The van der Waals surface area contributed by atoms with Crippen LogP contribution in [0.2, 0.25) is 0 Å². The van der Waals surface area contributed by atoms with Gasteiger partial charge in [0.2, 0.25) is 0 Å². The Hall–Kier alpha value is -4.71. The lowest BCUT2D eigenvalue weighted by atomic mass is 10.1. The summed E-state index contributed by atoms with van der Waals surface area (Å²) in [5, 5.41) is 27.0. The molecule has 1 unspecified atom stereocenters. The molecule has 2 aliphatic rings. The van der Waals surface area contributed by atoms with E-state index in [1.807, 2.05) is 12.1 Å². The quantitative estimate of drug-likeness (QED) is 0.199. The third-order valence-corrected chi connectivity index (χ3v) is 6.52. The number of aliphatic hydroxyl groups excluding tert-OH is 1. The summed E-state index contributed by atoms with van der Waals surface area (Å²) in [6.07, 6.45) is 6.70. The molecule has 12 heteroatoms. The molecule has 0 radical (unpaired) electrons. The van der Waals surface area contributed by atoms with Crippen LogP contribution < -0.4 is 0 Å². The monoisotopic (exact) mass is 544 g/mol. The zero-order chi connectivity index (χ0) is 28.2. The van der Waals surface area contributed by atoms with Crippen molar-refractivity contribution in [2.75, 3.05) is 14.2 Å². The molecule has 0 bridgehead atoms. The number of ketones is 1. The molecule has 0 aliphatic heterocycles. The third-order valence-electron chi connectivity index (χ3n) is 6.52. The number of ether oxygens (including phenoxy) is 2. The number of nitrogens with zero attached hydrogens (tertiary/aromatic N) is 6. The zero-order valence-corrected chi connectivity index (χ0v) is 22.0. The summed E-state index contributed by atoms with van der Waals surface area (Å²) in [5.74, 6) is -2.18. The predicted octanol–water partition coefficient (Wildman–Crippen LogP) is 3.12. The van der Waals surface area contributed by atoms with E-state index in [0.29, 0.717) is 23.2 Å². The maximum absolute atomic E-state index is 11.6. The van der Waals surface area contributed by atoms with Crippen molar-refractivity contribution in [3.05, 3.63) is 72.1 Å². The first-order valence-corrected chi connectivity index (χ1v) is 12.8. The van der Waals surface area contributed by atoms with Crippen LogP contribution in [0, 0.1) is 0 Å². The van der Waals surface area contributed by atoms with Crippen molar-refractivity contribution >= 4 is 17.7 Å². The van der Waals surface area contributed by atoms with E-state index in [4.69, 9.17) is 0 Å². The standard InChI is InChI=1S/C14H15N3O3.C14H13N3O3/c2*1-20-14(19)13(18)10-4-2-9(3-5-10)12-8-15-17(16-12)11-6-7-11/h2-5,8,11,13,18H,6-7H2,1H3;2-5,8,11H,6-7H2,1H3. The number of carbonyl (C=O) groups excluding carboxylic acids is 3. The molecule has 2 fully saturated rings. The molecule has 0 saturated heterocycles. The van der Waals surface area contributed by atoms with Crippen molar-refractivity contribution in [1.82, 2.24) is 30.0 Å². The van der Waals surface area contributed by atoms with Gasteiger partial charge in [-0.25, -0.2) is 9.59 Å². The maximum atomic E-state index is 11.6. The van der Waals surface area contributed by atoms with Crippen molar-refractivity contribution in [2.45, 2.75) is 43.9 Å². The number of carbonyl (C=O) groups is 3. The highest BCUT2D eigenvalue weighted by atomic mass is 16.5. The molecule has 1 atom stereocenters. The molecule has 4 aromatic rings. The minimum Gasteiger partial charge on any atom is -0.467 e. The number of aromatic nitrogens is 6. The van der Waals surface area contributed by atoms with E-state index in [0.717, 1.165) is 48.2 Å². The predicted molar refractivity (Wildman–Crippen MR) is 141 cm³/mol. The fourth-order valence-electron chi connectivity index (χ4n) is 3.87. The van der Waals surface area contributed by atoms with E-state index in [1.165, 1.54) is 14.2 Å². The molecule has 40 heavy (non-hydrogen) atoms. The molecule has 0 spiro atoms. The largest absolute Gasteiger partial charge is 0.467 e. The van der Waals surface area contributed by atoms with Gasteiger partial charge in [0.05, 0.1) is 38.7 Å².